The Morgan fingerprint density at radius 2 is 2.14 bits per heavy atom. The van der Waals surface area contributed by atoms with Crippen molar-refractivity contribution in [1.82, 2.24) is 15.5 Å². The number of hydrogen-bond donors (Lipinski definition) is 2. The summed E-state index contributed by atoms with van der Waals surface area (Å²) in [4.78, 5) is 7.08. The summed E-state index contributed by atoms with van der Waals surface area (Å²) >= 11 is 0. The molecule has 6 nitrogen and oxygen atoms in total. The third-order valence-electron chi connectivity index (χ3n) is 4.79. The molecule has 22 heavy (non-hydrogen) atoms. The molecular formula is C15H29IN4O2. The Balaban J connectivity index is 0.00000176. The Morgan fingerprint density at radius 1 is 1.41 bits per heavy atom. The maximum absolute atomic E-state index is 5.78. The van der Waals surface area contributed by atoms with E-state index in [-0.39, 0.29) is 29.5 Å². The number of halogens is 1. The Kier molecular flexibility index (Phi) is 6.73. The standard InChI is InChI=1S/C15H28N4O2.HI/c1-3-21-13-8-15(9-13,19-4-6-20-7-5-19)11-17-14-16-10-12(2)18-14;/h12-13H,3-11H2,1-2H3,(H2,16,17,18);1H. The first-order valence-corrected chi connectivity index (χ1v) is 8.21. The van der Waals surface area contributed by atoms with Crippen molar-refractivity contribution in [3.05, 3.63) is 0 Å². The number of aliphatic imine (C=N–C) groups is 1. The maximum atomic E-state index is 5.78. The van der Waals surface area contributed by atoms with E-state index in [4.69, 9.17) is 9.47 Å². The highest BCUT2D eigenvalue weighted by Crippen LogP contribution is 2.39. The zero-order chi connectivity index (χ0) is 14.7. The average Bonchev–Trinajstić information content (AvgIpc) is 2.88. The van der Waals surface area contributed by atoms with Crippen molar-refractivity contribution >= 4 is 29.9 Å². The minimum absolute atomic E-state index is 0. The summed E-state index contributed by atoms with van der Waals surface area (Å²) in [7, 11) is 0. The van der Waals surface area contributed by atoms with Crippen LogP contribution in [0.5, 0.6) is 0 Å². The fourth-order valence-electron chi connectivity index (χ4n) is 3.60. The summed E-state index contributed by atoms with van der Waals surface area (Å²) in [5.41, 5.74) is 0.208. The second-order valence-electron chi connectivity index (χ2n) is 6.40. The third-order valence-corrected chi connectivity index (χ3v) is 4.79. The van der Waals surface area contributed by atoms with Crippen molar-refractivity contribution in [2.75, 3.05) is 46.0 Å². The van der Waals surface area contributed by atoms with Gasteiger partial charge in [-0.3, -0.25) is 9.89 Å². The van der Waals surface area contributed by atoms with Gasteiger partial charge in [-0.05, 0) is 26.7 Å². The smallest absolute Gasteiger partial charge is 0.191 e. The van der Waals surface area contributed by atoms with Gasteiger partial charge in [0.2, 0.25) is 0 Å². The predicted octanol–water partition coefficient (Wildman–Crippen LogP) is 0.812. The molecular weight excluding hydrogens is 395 g/mol. The lowest BCUT2D eigenvalue weighted by Gasteiger charge is -2.55. The molecule has 7 heteroatoms. The van der Waals surface area contributed by atoms with E-state index in [9.17, 15) is 0 Å². The SMILES string of the molecule is CCOC1CC(CNC2=NCC(C)N2)(N2CCOCC2)C1.I. The van der Waals surface area contributed by atoms with Crippen LogP contribution in [-0.4, -0.2) is 74.5 Å². The quantitative estimate of drug-likeness (QED) is 0.640. The van der Waals surface area contributed by atoms with E-state index in [1.807, 2.05) is 0 Å². The zero-order valence-corrected chi connectivity index (χ0v) is 16.0. The highest BCUT2D eigenvalue weighted by molar-refractivity contribution is 14.0. The van der Waals surface area contributed by atoms with Gasteiger partial charge < -0.3 is 20.1 Å². The first-order chi connectivity index (χ1) is 10.2. The largest absolute Gasteiger partial charge is 0.379 e. The van der Waals surface area contributed by atoms with Gasteiger partial charge in [0, 0.05) is 37.8 Å². The molecule has 3 rings (SSSR count). The molecule has 2 N–H and O–H groups in total. The van der Waals surface area contributed by atoms with Gasteiger partial charge in [-0.15, -0.1) is 24.0 Å². The maximum Gasteiger partial charge on any atom is 0.191 e. The van der Waals surface area contributed by atoms with E-state index in [2.05, 4.69) is 34.4 Å². The molecule has 2 aliphatic heterocycles. The van der Waals surface area contributed by atoms with Gasteiger partial charge in [0.05, 0.1) is 25.9 Å². The lowest BCUT2D eigenvalue weighted by Crippen LogP contribution is -2.67. The van der Waals surface area contributed by atoms with Crippen LogP contribution < -0.4 is 10.6 Å². The van der Waals surface area contributed by atoms with Crippen molar-refractivity contribution in [3.63, 3.8) is 0 Å². The number of hydrogen-bond acceptors (Lipinski definition) is 6. The molecule has 1 unspecified atom stereocenters. The molecule has 2 fully saturated rings. The molecule has 2 heterocycles. The third kappa shape index (κ3) is 4.04. The Bertz CT molecular complexity index is 382. The summed E-state index contributed by atoms with van der Waals surface area (Å²) in [6.45, 7) is 10.6. The second-order valence-corrected chi connectivity index (χ2v) is 6.40. The molecule has 128 valence electrons. The summed E-state index contributed by atoms with van der Waals surface area (Å²) in [6, 6.07) is 0.449. The number of rotatable bonds is 5. The van der Waals surface area contributed by atoms with E-state index >= 15 is 0 Å². The van der Waals surface area contributed by atoms with Gasteiger partial charge in [-0.1, -0.05) is 0 Å². The highest BCUT2D eigenvalue weighted by Gasteiger charge is 2.49. The van der Waals surface area contributed by atoms with Gasteiger partial charge in [-0.2, -0.15) is 0 Å². The lowest BCUT2D eigenvalue weighted by atomic mass is 9.72. The first kappa shape index (κ1) is 18.2. The summed E-state index contributed by atoms with van der Waals surface area (Å²) < 4.78 is 11.3. The van der Waals surface area contributed by atoms with E-state index in [0.29, 0.717) is 12.1 Å². The van der Waals surface area contributed by atoms with Gasteiger partial charge in [0.15, 0.2) is 5.96 Å². The Hall–Kier alpha value is -0.120. The molecule has 0 aromatic carbocycles. The average molecular weight is 424 g/mol. The molecule has 3 aliphatic rings. The van der Waals surface area contributed by atoms with Crippen LogP contribution in [0.3, 0.4) is 0 Å². The van der Waals surface area contributed by atoms with Crippen LogP contribution in [0.15, 0.2) is 4.99 Å². The molecule has 0 radical (unpaired) electrons. The van der Waals surface area contributed by atoms with Crippen LogP contribution in [-0.2, 0) is 9.47 Å². The predicted molar refractivity (Wildman–Crippen MR) is 98.1 cm³/mol. The molecule has 1 aliphatic carbocycles. The minimum atomic E-state index is 0. The minimum Gasteiger partial charge on any atom is -0.379 e. The van der Waals surface area contributed by atoms with Gasteiger partial charge in [0.25, 0.3) is 0 Å². The van der Waals surface area contributed by atoms with Gasteiger partial charge in [-0.25, -0.2) is 0 Å². The van der Waals surface area contributed by atoms with Crippen LogP contribution >= 0.6 is 24.0 Å². The van der Waals surface area contributed by atoms with Crippen LogP contribution in [0.25, 0.3) is 0 Å². The molecule has 1 saturated carbocycles. The molecule has 1 atom stereocenters. The lowest BCUT2D eigenvalue weighted by molar-refractivity contribution is -0.124. The van der Waals surface area contributed by atoms with Crippen molar-refractivity contribution < 1.29 is 9.47 Å². The summed E-state index contributed by atoms with van der Waals surface area (Å²) in [6.07, 6.45) is 2.63. The fraction of sp³-hybridized carbons (Fsp3) is 0.933. The molecule has 0 aromatic rings. The number of ether oxygens (including phenoxy) is 2. The number of nitrogens with zero attached hydrogens (tertiary/aromatic N) is 2. The normalized spacial score (nSPS) is 35.1. The highest BCUT2D eigenvalue weighted by atomic mass is 127. The van der Waals surface area contributed by atoms with E-state index in [0.717, 1.165) is 64.8 Å². The topological polar surface area (TPSA) is 58.1 Å². The monoisotopic (exact) mass is 424 g/mol. The molecule has 0 spiro atoms. The zero-order valence-electron chi connectivity index (χ0n) is 13.6. The van der Waals surface area contributed by atoms with E-state index in [1.54, 1.807) is 0 Å². The van der Waals surface area contributed by atoms with E-state index < -0.39 is 0 Å². The van der Waals surface area contributed by atoms with Crippen molar-refractivity contribution in [1.29, 1.82) is 0 Å². The van der Waals surface area contributed by atoms with Crippen LogP contribution in [0.1, 0.15) is 26.7 Å². The second kappa shape index (κ2) is 8.12. The number of guanidine groups is 1. The number of nitrogens with one attached hydrogen (secondary N) is 2. The Morgan fingerprint density at radius 3 is 2.73 bits per heavy atom. The van der Waals surface area contributed by atoms with Crippen LogP contribution in [0.4, 0.5) is 0 Å². The van der Waals surface area contributed by atoms with Crippen LogP contribution in [0.2, 0.25) is 0 Å². The van der Waals surface area contributed by atoms with Crippen molar-refractivity contribution in [3.8, 4) is 0 Å². The van der Waals surface area contributed by atoms with Crippen LogP contribution in [0, 0.1) is 0 Å². The van der Waals surface area contributed by atoms with Gasteiger partial charge in [0.1, 0.15) is 0 Å². The Labute approximate surface area is 150 Å². The van der Waals surface area contributed by atoms with Gasteiger partial charge >= 0.3 is 0 Å². The first-order valence-electron chi connectivity index (χ1n) is 8.21. The van der Waals surface area contributed by atoms with Crippen molar-refractivity contribution in [2.45, 2.75) is 44.4 Å². The fourth-order valence-corrected chi connectivity index (χ4v) is 3.60. The molecule has 0 aromatic heterocycles. The number of morpholine rings is 1. The van der Waals surface area contributed by atoms with Crippen molar-refractivity contribution in [2.24, 2.45) is 4.99 Å². The molecule has 1 saturated heterocycles. The summed E-state index contributed by atoms with van der Waals surface area (Å²) in [5, 5.41) is 6.89. The molecule has 0 amide bonds. The summed E-state index contributed by atoms with van der Waals surface area (Å²) in [5.74, 6) is 0.954. The molecule has 0 bridgehead atoms. The van der Waals surface area contributed by atoms with E-state index in [1.165, 1.54) is 0 Å².